The number of hydrogen-bond acceptors (Lipinski definition) is 2. The molecule has 1 fully saturated rings. The third-order valence-electron chi connectivity index (χ3n) is 3.58. The Morgan fingerprint density at radius 3 is 2.86 bits per heavy atom. The summed E-state index contributed by atoms with van der Waals surface area (Å²) >= 11 is 0. The molecule has 14 heavy (non-hydrogen) atoms. The molecule has 0 atom stereocenters. The first-order valence-electron chi connectivity index (χ1n) is 5.76. The van der Waals surface area contributed by atoms with Crippen LogP contribution in [0.15, 0.2) is 0 Å². The average Bonchev–Trinajstić information content (AvgIpc) is 2.79. The minimum atomic E-state index is 0.764. The quantitative estimate of drug-likeness (QED) is 0.715. The summed E-state index contributed by atoms with van der Waals surface area (Å²) in [4.78, 5) is 0. The molecule has 2 N–H and O–H groups in total. The molecule has 0 spiro atoms. The molecule has 3 nitrogen and oxygen atoms in total. The van der Waals surface area contributed by atoms with E-state index in [1.54, 1.807) is 0 Å². The van der Waals surface area contributed by atoms with E-state index < -0.39 is 0 Å². The van der Waals surface area contributed by atoms with Crippen LogP contribution in [0.4, 0.5) is 5.82 Å². The minimum Gasteiger partial charge on any atom is -0.368 e. The molecule has 0 unspecified atom stereocenters. The van der Waals surface area contributed by atoms with E-state index in [4.69, 9.17) is 0 Å². The molecule has 0 aromatic carbocycles. The van der Waals surface area contributed by atoms with Gasteiger partial charge in [0, 0.05) is 23.7 Å². The van der Waals surface area contributed by atoms with Gasteiger partial charge in [-0.25, -0.2) is 0 Å². The van der Waals surface area contributed by atoms with Gasteiger partial charge in [0.2, 0.25) is 0 Å². The molecule has 1 aromatic heterocycles. The van der Waals surface area contributed by atoms with Crippen LogP contribution in [0.25, 0.3) is 0 Å². The molecule has 76 valence electrons. The van der Waals surface area contributed by atoms with Gasteiger partial charge in [-0.2, -0.15) is 5.10 Å². The Hall–Kier alpha value is -0.990. The van der Waals surface area contributed by atoms with E-state index in [0.717, 1.165) is 24.7 Å². The van der Waals surface area contributed by atoms with Gasteiger partial charge in [-0.1, -0.05) is 19.3 Å². The number of rotatable bonds is 1. The largest absolute Gasteiger partial charge is 0.368 e. The van der Waals surface area contributed by atoms with Crippen LogP contribution in [0.5, 0.6) is 0 Å². The second-order valence-electron chi connectivity index (χ2n) is 4.48. The van der Waals surface area contributed by atoms with Crippen LogP contribution in [-0.2, 0) is 6.42 Å². The van der Waals surface area contributed by atoms with Crippen molar-refractivity contribution in [3.05, 3.63) is 11.3 Å². The van der Waals surface area contributed by atoms with Gasteiger partial charge in [0.15, 0.2) is 5.82 Å². The summed E-state index contributed by atoms with van der Waals surface area (Å²) in [7, 11) is 0. The van der Waals surface area contributed by atoms with Crippen molar-refractivity contribution in [2.45, 2.75) is 44.4 Å². The molecule has 0 radical (unpaired) electrons. The van der Waals surface area contributed by atoms with Gasteiger partial charge in [0.05, 0.1) is 0 Å². The van der Waals surface area contributed by atoms with E-state index in [0.29, 0.717) is 0 Å². The predicted molar refractivity (Wildman–Crippen MR) is 56.6 cm³/mol. The highest BCUT2D eigenvalue weighted by Crippen LogP contribution is 2.36. The van der Waals surface area contributed by atoms with Crippen LogP contribution in [0.2, 0.25) is 0 Å². The fraction of sp³-hybridized carbons (Fsp3) is 0.727. The lowest BCUT2D eigenvalue weighted by atomic mass is 9.85. The van der Waals surface area contributed by atoms with E-state index in [-0.39, 0.29) is 0 Å². The van der Waals surface area contributed by atoms with Gasteiger partial charge in [0.25, 0.3) is 0 Å². The summed E-state index contributed by atoms with van der Waals surface area (Å²) in [5.41, 5.74) is 2.90. The standard InChI is InChI=1S/C11H17N3/c1-2-4-8(5-3-1)10-9-6-7-12-11(9)14-13-10/h8H,1-7H2,(H2,12,13,14). The summed E-state index contributed by atoms with van der Waals surface area (Å²) in [6.07, 6.45) is 8.09. The molecule has 2 aliphatic rings. The number of aromatic amines is 1. The molecule has 1 aliphatic heterocycles. The fourth-order valence-corrected chi connectivity index (χ4v) is 2.81. The predicted octanol–water partition coefficient (Wildman–Crippen LogP) is 2.43. The van der Waals surface area contributed by atoms with E-state index in [9.17, 15) is 0 Å². The summed E-state index contributed by atoms with van der Waals surface area (Å²) in [5.74, 6) is 1.88. The Kier molecular flexibility index (Phi) is 1.96. The highest BCUT2D eigenvalue weighted by molar-refractivity contribution is 5.52. The second kappa shape index (κ2) is 3.30. The molecule has 3 rings (SSSR count). The van der Waals surface area contributed by atoms with Crippen LogP contribution >= 0.6 is 0 Å². The molecule has 2 heterocycles. The molecular formula is C11H17N3. The number of hydrogen-bond donors (Lipinski definition) is 2. The number of anilines is 1. The lowest BCUT2D eigenvalue weighted by Gasteiger charge is -2.20. The Labute approximate surface area is 84.3 Å². The van der Waals surface area contributed by atoms with Gasteiger partial charge in [-0.15, -0.1) is 0 Å². The normalized spacial score (nSPS) is 22.0. The molecule has 0 saturated heterocycles. The highest BCUT2D eigenvalue weighted by Gasteiger charge is 2.24. The monoisotopic (exact) mass is 191 g/mol. The summed E-state index contributed by atoms with van der Waals surface area (Å²) < 4.78 is 0. The Bertz CT molecular complexity index is 323. The van der Waals surface area contributed by atoms with Crippen LogP contribution in [0.3, 0.4) is 0 Å². The zero-order chi connectivity index (χ0) is 9.38. The molecule has 1 aliphatic carbocycles. The first kappa shape index (κ1) is 8.33. The Morgan fingerprint density at radius 2 is 2.00 bits per heavy atom. The van der Waals surface area contributed by atoms with E-state index >= 15 is 0 Å². The maximum Gasteiger partial charge on any atom is 0.151 e. The van der Waals surface area contributed by atoms with E-state index in [1.807, 2.05) is 0 Å². The molecule has 1 aromatic rings. The van der Waals surface area contributed by atoms with Crippen molar-refractivity contribution in [1.82, 2.24) is 10.2 Å². The molecule has 1 saturated carbocycles. The number of aromatic nitrogens is 2. The van der Waals surface area contributed by atoms with Gasteiger partial charge in [0.1, 0.15) is 0 Å². The van der Waals surface area contributed by atoms with E-state index in [2.05, 4.69) is 15.5 Å². The van der Waals surface area contributed by atoms with E-state index in [1.165, 1.54) is 43.4 Å². The number of fused-ring (bicyclic) bond motifs is 1. The average molecular weight is 191 g/mol. The van der Waals surface area contributed by atoms with Crippen molar-refractivity contribution < 1.29 is 0 Å². The maximum atomic E-state index is 4.34. The molecular weight excluding hydrogens is 174 g/mol. The van der Waals surface area contributed by atoms with Crippen molar-refractivity contribution >= 4 is 5.82 Å². The van der Waals surface area contributed by atoms with Crippen LogP contribution in [0.1, 0.15) is 49.3 Å². The van der Waals surface area contributed by atoms with Crippen molar-refractivity contribution in [3.8, 4) is 0 Å². The first-order chi connectivity index (χ1) is 6.95. The number of H-pyrrole nitrogens is 1. The Morgan fingerprint density at radius 1 is 1.14 bits per heavy atom. The lowest BCUT2D eigenvalue weighted by Crippen LogP contribution is -2.07. The zero-order valence-corrected chi connectivity index (χ0v) is 8.47. The Balaban J connectivity index is 1.88. The van der Waals surface area contributed by atoms with Crippen molar-refractivity contribution in [1.29, 1.82) is 0 Å². The highest BCUT2D eigenvalue weighted by atomic mass is 15.2. The third kappa shape index (κ3) is 1.22. The molecule has 3 heteroatoms. The number of nitrogens with zero attached hydrogens (tertiary/aromatic N) is 1. The van der Waals surface area contributed by atoms with Crippen LogP contribution < -0.4 is 5.32 Å². The van der Waals surface area contributed by atoms with Gasteiger partial charge >= 0.3 is 0 Å². The van der Waals surface area contributed by atoms with Crippen LogP contribution in [0, 0.1) is 0 Å². The van der Waals surface area contributed by atoms with Crippen LogP contribution in [-0.4, -0.2) is 16.7 Å². The second-order valence-corrected chi connectivity index (χ2v) is 4.48. The van der Waals surface area contributed by atoms with Gasteiger partial charge < -0.3 is 5.32 Å². The number of nitrogens with one attached hydrogen (secondary N) is 2. The minimum absolute atomic E-state index is 0.764. The fourth-order valence-electron chi connectivity index (χ4n) is 2.81. The summed E-state index contributed by atoms with van der Waals surface area (Å²) in [6, 6.07) is 0. The molecule has 0 bridgehead atoms. The zero-order valence-electron chi connectivity index (χ0n) is 8.47. The van der Waals surface area contributed by atoms with Crippen molar-refractivity contribution in [3.63, 3.8) is 0 Å². The van der Waals surface area contributed by atoms with Gasteiger partial charge in [-0.05, 0) is 19.3 Å². The maximum absolute atomic E-state index is 4.34. The summed E-state index contributed by atoms with van der Waals surface area (Å²) in [5, 5.41) is 10.9. The topological polar surface area (TPSA) is 40.7 Å². The summed E-state index contributed by atoms with van der Waals surface area (Å²) in [6.45, 7) is 1.08. The molecule has 0 amide bonds. The third-order valence-corrected chi connectivity index (χ3v) is 3.58. The van der Waals surface area contributed by atoms with Crippen molar-refractivity contribution in [2.24, 2.45) is 0 Å². The van der Waals surface area contributed by atoms with Gasteiger partial charge in [-0.3, -0.25) is 5.10 Å². The lowest BCUT2D eigenvalue weighted by molar-refractivity contribution is 0.434. The van der Waals surface area contributed by atoms with Crippen molar-refractivity contribution in [2.75, 3.05) is 11.9 Å². The smallest absolute Gasteiger partial charge is 0.151 e. The SMILES string of the molecule is C1CCC(c2[nH]nc3c2CCN3)CC1. The first-order valence-corrected chi connectivity index (χ1v) is 5.76.